The van der Waals surface area contributed by atoms with Crippen molar-refractivity contribution in [1.29, 1.82) is 0 Å². The van der Waals surface area contributed by atoms with Crippen LogP contribution in [0.15, 0.2) is 39.9 Å². The number of piperidine rings is 1. The Hall–Kier alpha value is -2.05. The zero-order valence-corrected chi connectivity index (χ0v) is 22.0. The number of sulfonamides is 1. The number of hydrogen-bond acceptors (Lipinski definition) is 8. The predicted molar refractivity (Wildman–Crippen MR) is 138 cm³/mol. The normalized spacial score (nSPS) is 19.9. The van der Waals surface area contributed by atoms with Crippen LogP contribution in [0.2, 0.25) is 0 Å². The third-order valence-corrected chi connectivity index (χ3v) is 10.8. The van der Waals surface area contributed by atoms with Crippen molar-refractivity contribution in [1.82, 2.24) is 9.29 Å². The highest BCUT2D eigenvalue weighted by Crippen LogP contribution is 2.35. The summed E-state index contributed by atoms with van der Waals surface area (Å²) < 4.78 is 40.1. The maximum Gasteiger partial charge on any atom is 0.252 e. The van der Waals surface area contributed by atoms with Crippen molar-refractivity contribution >= 4 is 54.0 Å². The van der Waals surface area contributed by atoms with Gasteiger partial charge in [0.05, 0.1) is 29.5 Å². The molecule has 0 radical (unpaired) electrons. The Morgan fingerprint density at radius 2 is 2.09 bits per heavy atom. The largest absolute Gasteiger partial charge is 0.494 e. The SMILES string of the molecule is CCOc1ccc2nc(N(CC3CCCO3)C(=O)C3CCN(S(=O)(=O)c4cccs4)CC3)sc2c1. The number of fused-ring (bicyclic) bond motifs is 1. The fraction of sp³-hybridized carbons (Fsp3) is 0.500. The fourth-order valence-corrected chi connectivity index (χ4v) is 8.24. The minimum atomic E-state index is -3.50. The number of carbonyl (C=O) groups excluding carboxylic acids is 1. The highest BCUT2D eigenvalue weighted by molar-refractivity contribution is 7.91. The second-order valence-electron chi connectivity index (χ2n) is 8.75. The van der Waals surface area contributed by atoms with E-state index in [1.54, 1.807) is 22.4 Å². The molecule has 2 aromatic heterocycles. The number of thiophene rings is 1. The molecule has 0 aliphatic carbocycles. The average molecular weight is 536 g/mol. The van der Waals surface area contributed by atoms with Gasteiger partial charge in [0, 0.05) is 25.6 Å². The first-order chi connectivity index (χ1) is 17.0. The zero-order valence-electron chi connectivity index (χ0n) is 19.6. The third-order valence-electron chi connectivity index (χ3n) is 6.46. The van der Waals surface area contributed by atoms with Crippen LogP contribution in [-0.4, -0.2) is 62.6 Å². The molecule has 5 rings (SSSR count). The molecule has 0 bridgehead atoms. The van der Waals surface area contributed by atoms with E-state index in [-0.39, 0.29) is 17.9 Å². The number of hydrogen-bond donors (Lipinski definition) is 0. The lowest BCUT2D eigenvalue weighted by Crippen LogP contribution is -2.46. The molecule has 2 fully saturated rings. The topological polar surface area (TPSA) is 89.0 Å². The van der Waals surface area contributed by atoms with E-state index in [2.05, 4.69) is 0 Å². The Labute approximate surface area is 213 Å². The van der Waals surface area contributed by atoms with Crippen molar-refractivity contribution < 1.29 is 22.7 Å². The van der Waals surface area contributed by atoms with Crippen LogP contribution in [-0.2, 0) is 19.6 Å². The summed E-state index contributed by atoms with van der Waals surface area (Å²) in [7, 11) is -3.50. The van der Waals surface area contributed by atoms with E-state index in [9.17, 15) is 13.2 Å². The van der Waals surface area contributed by atoms with E-state index in [0.29, 0.717) is 55.0 Å². The lowest BCUT2D eigenvalue weighted by molar-refractivity contribution is -0.123. The van der Waals surface area contributed by atoms with Gasteiger partial charge in [-0.3, -0.25) is 9.69 Å². The van der Waals surface area contributed by atoms with Crippen LogP contribution in [0.5, 0.6) is 5.75 Å². The first kappa shape index (κ1) is 24.6. The quantitative estimate of drug-likeness (QED) is 0.426. The molecule has 2 saturated heterocycles. The molecule has 2 aliphatic heterocycles. The molecule has 0 saturated carbocycles. The van der Waals surface area contributed by atoms with Crippen molar-refractivity contribution in [3.8, 4) is 5.75 Å². The fourth-order valence-electron chi connectivity index (χ4n) is 4.62. The Balaban J connectivity index is 1.35. The van der Waals surface area contributed by atoms with Gasteiger partial charge < -0.3 is 9.47 Å². The van der Waals surface area contributed by atoms with Crippen molar-refractivity contribution in [2.24, 2.45) is 5.92 Å². The van der Waals surface area contributed by atoms with Gasteiger partial charge in [-0.15, -0.1) is 11.3 Å². The summed E-state index contributed by atoms with van der Waals surface area (Å²) >= 11 is 2.70. The second kappa shape index (κ2) is 10.5. The van der Waals surface area contributed by atoms with Crippen molar-refractivity contribution in [3.05, 3.63) is 35.7 Å². The lowest BCUT2D eigenvalue weighted by Gasteiger charge is -2.33. The zero-order chi connectivity index (χ0) is 24.4. The Morgan fingerprint density at radius 1 is 1.26 bits per heavy atom. The minimum absolute atomic E-state index is 0.00207. The number of anilines is 1. The monoisotopic (exact) mass is 535 g/mol. The summed E-state index contributed by atoms with van der Waals surface area (Å²) in [5.74, 6) is 0.529. The molecule has 1 amide bonds. The van der Waals surface area contributed by atoms with E-state index in [0.717, 1.165) is 28.8 Å². The van der Waals surface area contributed by atoms with Gasteiger partial charge in [-0.05, 0) is 62.3 Å². The molecule has 188 valence electrons. The summed E-state index contributed by atoms with van der Waals surface area (Å²) in [5.41, 5.74) is 0.829. The number of rotatable bonds is 8. The van der Waals surface area contributed by atoms with E-state index in [1.807, 2.05) is 25.1 Å². The predicted octanol–water partition coefficient (Wildman–Crippen LogP) is 4.37. The lowest BCUT2D eigenvalue weighted by atomic mass is 9.96. The number of ether oxygens (including phenoxy) is 2. The molecule has 1 atom stereocenters. The average Bonchev–Trinajstić information content (AvgIpc) is 3.64. The van der Waals surface area contributed by atoms with Gasteiger partial charge in [-0.2, -0.15) is 4.31 Å². The Bertz CT molecular complexity index is 1260. The van der Waals surface area contributed by atoms with Gasteiger partial charge in [0.25, 0.3) is 10.0 Å². The molecular weight excluding hydrogens is 506 g/mol. The summed E-state index contributed by atoms with van der Waals surface area (Å²) in [6.07, 6.45) is 2.88. The highest BCUT2D eigenvalue weighted by atomic mass is 32.2. The summed E-state index contributed by atoms with van der Waals surface area (Å²) in [6.45, 7) is 4.38. The van der Waals surface area contributed by atoms with Gasteiger partial charge >= 0.3 is 0 Å². The van der Waals surface area contributed by atoms with Crippen LogP contribution >= 0.6 is 22.7 Å². The molecule has 0 N–H and O–H groups in total. The molecule has 0 spiro atoms. The number of thiazole rings is 1. The number of amides is 1. The van der Waals surface area contributed by atoms with Gasteiger partial charge in [0.1, 0.15) is 9.96 Å². The van der Waals surface area contributed by atoms with Crippen molar-refractivity contribution in [2.75, 3.05) is 37.7 Å². The van der Waals surface area contributed by atoms with E-state index in [1.165, 1.54) is 27.0 Å². The van der Waals surface area contributed by atoms with Crippen LogP contribution < -0.4 is 9.64 Å². The van der Waals surface area contributed by atoms with Crippen molar-refractivity contribution in [3.63, 3.8) is 0 Å². The molecule has 2 aliphatic rings. The van der Waals surface area contributed by atoms with Gasteiger partial charge in [-0.1, -0.05) is 17.4 Å². The smallest absolute Gasteiger partial charge is 0.252 e. The van der Waals surface area contributed by atoms with Gasteiger partial charge in [0.2, 0.25) is 5.91 Å². The molecule has 1 unspecified atom stereocenters. The molecule has 4 heterocycles. The number of carbonyl (C=O) groups is 1. The Kier molecular flexibility index (Phi) is 7.40. The van der Waals surface area contributed by atoms with Gasteiger partial charge in [-0.25, -0.2) is 13.4 Å². The standard InChI is InChI=1S/C24H29N3O5S3/c1-2-31-18-7-8-20-21(15-18)34-24(25-20)27(16-19-5-3-13-32-19)23(28)17-9-11-26(12-10-17)35(29,30)22-6-4-14-33-22/h4,6-8,14-15,17,19H,2-3,5,9-13,16H2,1H3. The molecule has 3 aromatic rings. The van der Waals surface area contributed by atoms with E-state index in [4.69, 9.17) is 14.5 Å². The van der Waals surface area contributed by atoms with E-state index >= 15 is 0 Å². The number of benzene rings is 1. The van der Waals surface area contributed by atoms with Crippen LogP contribution in [0.3, 0.4) is 0 Å². The first-order valence-electron chi connectivity index (χ1n) is 12.0. The van der Waals surface area contributed by atoms with Crippen LogP contribution in [0.4, 0.5) is 5.13 Å². The Morgan fingerprint density at radius 3 is 2.77 bits per heavy atom. The number of nitrogens with zero attached hydrogens (tertiary/aromatic N) is 3. The van der Waals surface area contributed by atoms with Crippen LogP contribution in [0.25, 0.3) is 10.2 Å². The summed E-state index contributed by atoms with van der Waals surface area (Å²) in [6, 6.07) is 9.15. The first-order valence-corrected chi connectivity index (χ1v) is 15.1. The second-order valence-corrected chi connectivity index (χ2v) is 12.9. The van der Waals surface area contributed by atoms with Crippen molar-refractivity contribution in [2.45, 2.75) is 42.9 Å². The molecule has 35 heavy (non-hydrogen) atoms. The molecular formula is C24H29N3O5S3. The van der Waals surface area contributed by atoms with Crippen LogP contribution in [0, 0.1) is 5.92 Å². The van der Waals surface area contributed by atoms with E-state index < -0.39 is 10.0 Å². The maximum absolute atomic E-state index is 13.8. The van der Waals surface area contributed by atoms with Crippen LogP contribution in [0.1, 0.15) is 32.6 Å². The molecule has 1 aromatic carbocycles. The highest BCUT2D eigenvalue weighted by Gasteiger charge is 2.36. The maximum atomic E-state index is 13.8. The van der Waals surface area contributed by atoms with Gasteiger partial charge in [0.15, 0.2) is 5.13 Å². The third kappa shape index (κ3) is 5.24. The molecule has 8 nitrogen and oxygen atoms in total. The molecule has 11 heteroatoms. The minimum Gasteiger partial charge on any atom is -0.494 e. The summed E-state index contributed by atoms with van der Waals surface area (Å²) in [5, 5.41) is 2.42. The number of aromatic nitrogens is 1. The summed E-state index contributed by atoms with van der Waals surface area (Å²) in [4.78, 5) is 20.3.